The van der Waals surface area contributed by atoms with Crippen molar-refractivity contribution >= 4 is 26.0 Å². The molecule has 100 valence electrons. The Morgan fingerprint density at radius 3 is 1.94 bits per heavy atom. The van der Waals surface area contributed by atoms with E-state index in [2.05, 4.69) is 13.8 Å². The maximum Gasteiger partial charge on any atom is 0.454 e. The van der Waals surface area contributed by atoms with Crippen molar-refractivity contribution in [3.8, 4) is 6.07 Å². The molecule has 0 heterocycles. The molecule has 0 rings (SSSR count). The SMILES string of the molecule is [CH]C([CH])(C#N)C([O-])=NS(=O)(=O)C(F)(F)S(=O)(=O)[O-]. The van der Waals surface area contributed by atoms with Crippen LogP contribution < -0.4 is 5.11 Å². The molecule has 8 nitrogen and oxygen atoms in total. The summed E-state index contributed by atoms with van der Waals surface area (Å²) in [6.45, 7) is 9.31. The topological polar surface area (TPSA) is 151 Å². The molecular formula is C6H2F2N2O6S2-2. The number of sulfonamides is 1. The number of hydrogen-bond donors (Lipinski definition) is 0. The van der Waals surface area contributed by atoms with E-state index >= 15 is 0 Å². The van der Waals surface area contributed by atoms with Crippen molar-refractivity contribution in [2.45, 2.75) is 4.59 Å². The maximum absolute atomic E-state index is 12.7. The lowest BCUT2D eigenvalue weighted by atomic mass is 9.96. The molecule has 0 aliphatic carbocycles. The summed E-state index contributed by atoms with van der Waals surface area (Å²) in [6, 6.07) is 0.829. The summed E-state index contributed by atoms with van der Waals surface area (Å²) in [5.41, 5.74) is -3.06. The van der Waals surface area contributed by atoms with Crippen molar-refractivity contribution in [1.82, 2.24) is 0 Å². The first kappa shape index (κ1) is 16.7. The van der Waals surface area contributed by atoms with Crippen LogP contribution >= 0.6 is 0 Å². The summed E-state index contributed by atoms with van der Waals surface area (Å²) < 4.78 is 72.7. The first-order valence-electron chi connectivity index (χ1n) is 3.53. The Bertz CT molecular complexity index is 613. The van der Waals surface area contributed by atoms with E-state index in [1.165, 1.54) is 0 Å². The zero-order valence-corrected chi connectivity index (χ0v) is 9.70. The Morgan fingerprint density at radius 2 is 1.67 bits per heavy atom. The molecule has 0 atom stereocenters. The quantitative estimate of drug-likeness (QED) is 0.334. The van der Waals surface area contributed by atoms with Gasteiger partial charge in [0, 0.05) is 0 Å². The van der Waals surface area contributed by atoms with Gasteiger partial charge >= 0.3 is 14.6 Å². The van der Waals surface area contributed by atoms with Crippen LogP contribution in [0.25, 0.3) is 0 Å². The third-order valence-corrected chi connectivity index (χ3v) is 4.17. The van der Waals surface area contributed by atoms with Gasteiger partial charge in [0.05, 0.1) is 11.5 Å². The fourth-order valence-corrected chi connectivity index (χ4v) is 2.03. The molecule has 0 saturated heterocycles. The van der Waals surface area contributed by atoms with E-state index in [1.54, 1.807) is 4.40 Å². The van der Waals surface area contributed by atoms with Gasteiger partial charge in [0.15, 0.2) is 10.1 Å². The van der Waals surface area contributed by atoms with E-state index in [9.17, 15) is 35.3 Å². The molecular weight excluding hydrogens is 298 g/mol. The highest BCUT2D eigenvalue weighted by Crippen LogP contribution is 2.29. The second-order valence-electron chi connectivity index (χ2n) is 2.77. The van der Waals surface area contributed by atoms with Crippen LogP contribution in [0.2, 0.25) is 0 Å². The third kappa shape index (κ3) is 2.92. The van der Waals surface area contributed by atoms with Gasteiger partial charge in [-0.1, -0.05) is 0 Å². The molecule has 0 aromatic rings. The summed E-state index contributed by atoms with van der Waals surface area (Å²) in [5, 5.41) is 19.0. The minimum Gasteiger partial charge on any atom is -0.860 e. The molecule has 4 radical (unpaired) electrons. The Balaban J connectivity index is 5.92. The monoisotopic (exact) mass is 300 g/mol. The van der Waals surface area contributed by atoms with Crippen LogP contribution in [0.5, 0.6) is 0 Å². The Hall–Kier alpha value is -1.32. The predicted octanol–water partition coefficient (Wildman–Crippen LogP) is -1.90. The lowest BCUT2D eigenvalue weighted by Crippen LogP contribution is -2.41. The average molecular weight is 300 g/mol. The van der Waals surface area contributed by atoms with Crippen molar-refractivity contribution in [3.63, 3.8) is 0 Å². The predicted molar refractivity (Wildman–Crippen MR) is 47.6 cm³/mol. The summed E-state index contributed by atoms with van der Waals surface area (Å²) in [6.07, 6.45) is 0. The molecule has 0 unspecified atom stereocenters. The standard InChI is InChI=1S/C6H4F2N2O6S2/c1-5(2,3-9)4(11)10-17(12,13)6(7,8)18(14,15)16/h1-2H,(H,10,11)(H,14,15,16)/p-2. The van der Waals surface area contributed by atoms with Crippen LogP contribution in [0.4, 0.5) is 8.78 Å². The van der Waals surface area contributed by atoms with Crippen molar-refractivity contribution in [2.24, 2.45) is 9.81 Å². The molecule has 0 amide bonds. The molecule has 0 N–H and O–H groups in total. The molecule has 0 aliphatic heterocycles. The molecule has 12 heteroatoms. The first-order chi connectivity index (χ1) is 7.69. The van der Waals surface area contributed by atoms with Crippen LogP contribution in [-0.2, 0) is 20.1 Å². The van der Waals surface area contributed by atoms with E-state index in [0.29, 0.717) is 0 Å². The van der Waals surface area contributed by atoms with Gasteiger partial charge in [-0.25, -0.2) is 8.42 Å². The van der Waals surface area contributed by atoms with Gasteiger partial charge in [-0.2, -0.15) is 26.9 Å². The summed E-state index contributed by atoms with van der Waals surface area (Å²) in [7, 11) is -13.0. The molecule has 0 fully saturated rings. The summed E-state index contributed by atoms with van der Waals surface area (Å²) in [5.74, 6) is -2.26. The van der Waals surface area contributed by atoms with Crippen molar-refractivity contribution < 1.29 is 35.3 Å². The average Bonchev–Trinajstić information content (AvgIpc) is 2.14. The fraction of sp³-hybridized carbons (Fsp3) is 0.333. The minimum atomic E-state index is -6.64. The Kier molecular flexibility index (Phi) is 4.09. The molecule has 0 aromatic carbocycles. The Labute approximate surface area is 101 Å². The van der Waals surface area contributed by atoms with Gasteiger partial charge in [0.25, 0.3) is 0 Å². The van der Waals surface area contributed by atoms with Crippen molar-refractivity contribution in [3.05, 3.63) is 13.8 Å². The number of nitriles is 1. The fourth-order valence-electron chi connectivity index (χ4n) is 0.415. The molecule has 0 aliphatic rings. The number of hydrogen-bond acceptors (Lipinski definition) is 7. The van der Waals surface area contributed by atoms with Gasteiger partial charge < -0.3 is 9.66 Å². The van der Waals surface area contributed by atoms with Gasteiger partial charge in [0.2, 0.25) is 0 Å². The maximum atomic E-state index is 12.7. The number of halogens is 2. The smallest absolute Gasteiger partial charge is 0.454 e. The largest absolute Gasteiger partial charge is 0.860 e. The molecule has 0 spiro atoms. The van der Waals surface area contributed by atoms with Crippen LogP contribution in [0.3, 0.4) is 0 Å². The Morgan fingerprint density at radius 1 is 1.28 bits per heavy atom. The normalized spacial score (nSPS) is 15.2. The number of rotatable bonds is 4. The summed E-state index contributed by atoms with van der Waals surface area (Å²) in [4.78, 5) is 0. The van der Waals surface area contributed by atoms with E-state index < -0.39 is 36.0 Å². The zero-order chi connectivity index (χ0) is 15.0. The first-order valence-corrected chi connectivity index (χ1v) is 6.38. The van der Waals surface area contributed by atoms with Crippen LogP contribution in [0, 0.1) is 30.6 Å². The van der Waals surface area contributed by atoms with Gasteiger partial charge in [-0.3, -0.25) is 0 Å². The van der Waals surface area contributed by atoms with E-state index in [0.717, 1.165) is 6.07 Å². The van der Waals surface area contributed by atoms with E-state index in [-0.39, 0.29) is 0 Å². The molecule has 0 bridgehead atoms. The van der Waals surface area contributed by atoms with Gasteiger partial charge in [0.1, 0.15) is 0 Å². The number of alkyl halides is 2. The van der Waals surface area contributed by atoms with Crippen LogP contribution in [0.1, 0.15) is 0 Å². The highest BCUT2D eigenvalue weighted by molar-refractivity contribution is 8.06. The number of nitrogens with zero attached hydrogens (tertiary/aromatic N) is 2. The van der Waals surface area contributed by atoms with Crippen molar-refractivity contribution in [1.29, 1.82) is 5.26 Å². The van der Waals surface area contributed by atoms with Crippen LogP contribution in [0.15, 0.2) is 4.40 Å². The molecule has 0 saturated carbocycles. The van der Waals surface area contributed by atoms with Crippen molar-refractivity contribution in [2.75, 3.05) is 0 Å². The second-order valence-corrected chi connectivity index (χ2v) is 6.09. The van der Waals surface area contributed by atoms with Gasteiger partial charge in [-0.05, 0) is 19.7 Å². The lowest BCUT2D eigenvalue weighted by molar-refractivity contribution is -0.223. The van der Waals surface area contributed by atoms with E-state index in [4.69, 9.17) is 5.26 Å². The molecule has 18 heavy (non-hydrogen) atoms. The lowest BCUT2D eigenvalue weighted by Gasteiger charge is -2.24. The molecule has 0 aromatic heterocycles. The highest BCUT2D eigenvalue weighted by atomic mass is 32.3. The summed E-state index contributed by atoms with van der Waals surface area (Å²) >= 11 is 0. The zero-order valence-electron chi connectivity index (χ0n) is 8.07. The van der Waals surface area contributed by atoms with Crippen LogP contribution in [-0.4, -0.2) is 31.9 Å². The second kappa shape index (κ2) is 4.41. The van der Waals surface area contributed by atoms with Gasteiger partial charge in [-0.15, -0.1) is 0 Å². The minimum absolute atomic E-state index is 0.829. The highest BCUT2D eigenvalue weighted by Gasteiger charge is 2.52. The van der Waals surface area contributed by atoms with E-state index in [1.807, 2.05) is 0 Å². The third-order valence-electron chi connectivity index (χ3n) is 1.33.